The molecule has 0 bridgehead atoms. The number of likely N-dealkylation sites (tertiary alicyclic amines) is 1. The second-order valence-corrected chi connectivity index (χ2v) is 5.44. The van der Waals surface area contributed by atoms with Crippen molar-refractivity contribution in [1.29, 1.82) is 0 Å². The minimum Gasteiger partial charge on any atom is -0.497 e. The zero-order chi connectivity index (χ0) is 15.5. The number of rotatable bonds is 4. The lowest BCUT2D eigenvalue weighted by Gasteiger charge is -2.25. The number of hydrogen-bond donors (Lipinski definition) is 0. The van der Waals surface area contributed by atoms with Crippen molar-refractivity contribution >= 4 is 5.91 Å². The summed E-state index contributed by atoms with van der Waals surface area (Å²) in [4.78, 5) is 13.9. The van der Waals surface area contributed by atoms with E-state index in [1.807, 2.05) is 24.3 Å². The van der Waals surface area contributed by atoms with Gasteiger partial charge >= 0.3 is 0 Å². The van der Waals surface area contributed by atoms with Crippen LogP contribution in [0.15, 0.2) is 48.5 Å². The van der Waals surface area contributed by atoms with Gasteiger partial charge in [-0.25, -0.2) is 4.39 Å². The van der Waals surface area contributed by atoms with Gasteiger partial charge in [0.1, 0.15) is 11.6 Å². The molecule has 3 nitrogen and oxygen atoms in total. The third-order valence-electron chi connectivity index (χ3n) is 4.13. The maximum absolute atomic E-state index is 13.8. The highest BCUT2D eigenvalue weighted by atomic mass is 19.1. The summed E-state index contributed by atoms with van der Waals surface area (Å²) in [6.07, 6.45) is 1.27. The van der Waals surface area contributed by atoms with Crippen molar-refractivity contribution in [3.8, 4) is 5.75 Å². The van der Waals surface area contributed by atoms with Gasteiger partial charge in [-0.1, -0.05) is 30.3 Å². The lowest BCUT2D eigenvalue weighted by atomic mass is 10.0. The Morgan fingerprint density at radius 1 is 1.18 bits per heavy atom. The SMILES string of the molecule is COc1ccc([C@H]2CCC(=O)N2Cc2ccccc2F)cc1. The number of methoxy groups -OCH3 is 1. The monoisotopic (exact) mass is 299 g/mol. The van der Waals surface area contributed by atoms with Crippen molar-refractivity contribution in [3.63, 3.8) is 0 Å². The third-order valence-corrected chi connectivity index (χ3v) is 4.13. The van der Waals surface area contributed by atoms with E-state index < -0.39 is 0 Å². The van der Waals surface area contributed by atoms with E-state index in [1.165, 1.54) is 6.07 Å². The minimum atomic E-state index is -0.268. The fourth-order valence-electron chi connectivity index (χ4n) is 2.91. The lowest BCUT2D eigenvalue weighted by Crippen LogP contribution is -2.27. The summed E-state index contributed by atoms with van der Waals surface area (Å²) in [7, 11) is 1.62. The molecular weight excluding hydrogens is 281 g/mol. The van der Waals surface area contributed by atoms with E-state index in [0.717, 1.165) is 17.7 Å². The van der Waals surface area contributed by atoms with E-state index in [2.05, 4.69) is 0 Å². The zero-order valence-electron chi connectivity index (χ0n) is 12.5. The topological polar surface area (TPSA) is 29.5 Å². The number of benzene rings is 2. The van der Waals surface area contributed by atoms with E-state index in [1.54, 1.807) is 30.2 Å². The average Bonchev–Trinajstić information content (AvgIpc) is 2.91. The summed E-state index contributed by atoms with van der Waals surface area (Å²) in [5.74, 6) is 0.591. The molecule has 114 valence electrons. The van der Waals surface area contributed by atoms with E-state index >= 15 is 0 Å². The summed E-state index contributed by atoms with van der Waals surface area (Å²) in [5, 5.41) is 0. The molecule has 0 radical (unpaired) electrons. The van der Waals surface area contributed by atoms with Crippen molar-refractivity contribution in [2.24, 2.45) is 0 Å². The summed E-state index contributed by atoms with van der Waals surface area (Å²) < 4.78 is 19.0. The van der Waals surface area contributed by atoms with E-state index in [9.17, 15) is 9.18 Å². The molecule has 0 spiro atoms. The summed E-state index contributed by atoms with van der Waals surface area (Å²) in [6, 6.07) is 14.3. The van der Waals surface area contributed by atoms with Crippen LogP contribution < -0.4 is 4.74 Å². The highest BCUT2D eigenvalue weighted by molar-refractivity contribution is 5.79. The first kappa shape index (κ1) is 14.6. The lowest BCUT2D eigenvalue weighted by molar-refractivity contribution is -0.129. The van der Waals surface area contributed by atoms with Gasteiger partial charge in [0.25, 0.3) is 0 Å². The van der Waals surface area contributed by atoms with Crippen LogP contribution in [0.3, 0.4) is 0 Å². The molecule has 0 unspecified atom stereocenters. The second-order valence-electron chi connectivity index (χ2n) is 5.44. The Hall–Kier alpha value is -2.36. The highest BCUT2D eigenvalue weighted by Crippen LogP contribution is 2.35. The third kappa shape index (κ3) is 2.82. The van der Waals surface area contributed by atoms with Crippen LogP contribution in [-0.4, -0.2) is 17.9 Å². The zero-order valence-corrected chi connectivity index (χ0v) is 12.5. The first-order valence-electron chi connectivity index (χ1n) is 7.36. The van der Waals surface area contributed by atoms with E-state index in [4.69, 9.17) is 4.74 Å². The van der Waals surface area contributed by atoms with Crippen LogP contribution in [0, 0.1) is 5.82 Å². The maximum Gasteiger partial charge on any atom is 0.223 e. The molecule has 1 aliphatic heterocycles. The normalized spacial score (nSPS) is 17.8. The van der Waals surface area contributed by atoms with Gasteiger partial charge in [-0.2, -0.15) is 0 Å². The molecule has 2 aromatic rings. The van der Waals surface area contributed by atoms with Crippen LogP contribution >= 0.6 is 0 Å². The van der Waals surface area contributed by atoms with Crippen molar-refractivity contribution in [3.05, 3.63) is 65.5 Å². The van der Waals surface area contributed by atoms with Gasteiger partial charge in [0.2, 0.25) is 5.91 Å². The Bertz CT molecular complexity index is 669. The van der Waals surface area contributed by atoms with Gasteiger partial charge in [-0.15, -0.1) is 0 Å². The molecule has 22 heavy (non-hydrogen) atoms. The van der Waals surface area contributed by atoms with Gasteiger partial charge < -0.3 is 9.64 Å². The Labute approximate surface area is 129 Å². The van der Waals surface area contributed by atoms with Crippen LogP contribution in [0.4, 0.5) is 4.39 Å². The Kier molecular flexibility index (Phi) is 4.09. The van der Waals surface area contributed by atoms with Crippen molar-refractivity contribution in [2.75, 3.05) is 7.11 Å². The summed E-state index contributed by atoms with van der Waals surface area (Å²) >= 11 is 0. The minimum absolute atomic E-state index is 0.00184. The fraction of sp³-hybridized carbons (Fsp3) is 0.278. The molecule has 1 heterocycles. The Balaban J connectivity index is 1.84. The molecular formula is C18H18FNO2. The number of ether oxygens (including phenoxy) is 1. The Morgan fingerprint density at radius 2 is 1.91 bits per heavy atom. The standard InChI is InChI=1S/C18H18FNO2/c1-22-15-8-6-13(7-9-15)17-10-11-18(21)20(17)12-14-4-2-3-5-16(14)19/h2-9,17H,10-12H2,1H3/t17-/m1/s1. The number of amides is 1. The second kappa shape index (κ2) is 6.18. The van der Waals surface area contributed by atoms with Gasteiger partial charge in [0, 0.05) is 18.5 Å². The first-order chi connectivity index (χ1) is 10.7. The van der Waals surface area contributed by atoms with Crippen LogP contribution in [0.25, 0.3) is 0 Å². The van der Waals surface area contributed by atoms with Gasteiger partial charge in [0.15, 0.2) is 0 Å². The largest absolute Gasteiger partial charge is 0.497 e. The van der Waals surface area contributed by atoms with Gasteiger partial charge in [0.05, 0.1) is 13.2 Å². The molecule has 4 heteroatoms. The van der Waals surface area contributed by atoms with Crippen molar-refractivity contribution in [1.82, 2.24) is 4.90 Å². The number of carbonyl (C=O) groups is 1. The van der Waals surface area contributed by atoms with Crippen molar-refractivity contribution < 1.29 is 13.9 Å². The predicted molar refractivity (Wildman–Crippen MR) is 81.9 cm³/mol. The van der Waals surface area contributed by atoms with E-state index in [0.29, 0.717) is 18.5 Å². The van der Waals surface area contributed by atoms with Crippen LogP contribution in [0.1, 0.15) is 30.0 Å². The Morgan fingerprint density at radius 3 is 2.59 bits per heavy atom. The summed E-state index contributed by atoms with van der Waals surface area (Å²) in [5.41, 5.74) is 1.61. The summed E-state index contributed by atoms with van der Waals surface area (Å²) in [6.45, 7) is 0.308. The number of carbonyl (C=O) groups excluding carboxylic acids is 1. The fourth-order valence-corrected chi connectivity index (χ4v) is 2.91. The first-order valence-corrected chi connectivity index (χ1v) is 7.36. The van der Waals surface area contributed by atoms with Gasteiger partial charge in [-0.3, -0.25) is 4.79 Å². The molecule has 1 amide bonds. The van der Waals surface area contributed by atoms with Crippen LogP contribution in [0.5, 0.6) is 5.75 Å². The molecule has 0 aliphatic carbocycles. The average molecular weight is 299 g/mol. The molecule has 0 saturated carbocycles. The number of halogens is 1. The quantitative estimate of drug-likeness (QED) is 0.861. The van der Waals surface area contributed by atoms with Crippen LogP contribution in [0.2, 0.25) is 0 Å². The molecule has 1 saturated heterocycles. The molecule has 0 aromatic heterocycles. The predicted octanol–water partition coefficient (Wildman–Crippen LogP) is 3.70. The maximum atomic E-state index is 13.8. The van der Waals surface area contributed by atoms with Gasteiger partial charge in [-0.05, 0) is 30.2 Å². The molecule has 2 aromatic carbocycles. The van der Waals surface area contributed by atoms with E-state index in [-0.39, 0.29) is 17.8 Å². The molecule has 0 N–H and O–H groups in total. The number of hydrogen-bond acceptors (Lipinski definition) is 2. The highest BCUT2D eigenvalue weighted by Gasteiger charge is 2.32. The van der Waals surface area contributed by atoms with Crippen molar-refractivity contribution in [2.45, 2.75) is 25.4 Å². The molecule has 1 atom stereocenters. The van der Waals surface area contributed by atoms with Crippen LogP contribution in [-0.2, 0) is 11.3 Å². The molecule has 1 aliphatic rings. The molecule has 3 rings (SSSR count). The molecule has 1 fully saturated rings. The smallest absolute Gasteiger partial charge is 0.223 e. The number of nitrogens with zero attached hydrogens (tertiary/aromatic N) is 1.